The number of aromatic nitrogens is 4. The summed E-state index contributed by atoms with van der Waals surface area (Å²) in [4.78, 5) is 12.5. The summed E-state index contributed by atoms with van der Waals surface area (Å²) in [5, 5.41) is 16.7. The highest BCUT2D eigenvalue weighted by Crippen LogP contribution is 2.21. The van der Waals surface area contributed by atoms with Gasteiger partial charge >= 0.3 is 0 Å². The first-order valence-corrected chi connectivity index (χ1v) is 13.5. The first-order chi connectivity index (χ1) is 16.7. The number of fused-ring (bicyclic) bond motifs is 1. The maximum atomic E-state index is 12.5. The van der Waals surface area contributed by atoms with Crippen LogP contribution in [0.3, 0.4) is 0 Å². The Hall–Kier alpha value is -2.99. The molecule has 1 amide bonds. The van der Waals surface area contributed by atoms with Gasteiger partial charge in [0.05, 0.1) is 10.6 Å². The van der Waals surface area contributed by atoms with E-state index >= 15 is 0 Å². The molecular formula is C23H23ClN6O3S2. The lowest BCUT2D eigenvalue weighted by Gasteiger charge is -2.07. The lowest BCUT2D eigenvalue weighted by atomic mass is 10.2. The van der Waals surface area contributed by atoms with Gasteiger partial charge in [0.25, 0.3) is 0 Å². The van der Waals surface area contributed by atoms with Crippen LogP contribution in [0.4, 0.5) is 5.69 Å². The van der Waals surface area contributed by atoms with Crippen LogP contribution in [0.25, 0.3) is 5.65 Å². The van der Waals surface area contributed by atoms with E-state index < -0.39 is 10.0 Å². The maximum absolute atomic E-state index is 12.5. The van der Waals surface area contributed by atoms with Crippen molar-refractivity contribution < 1.29 is 13.2 Å². The topological polar surface area (TPSA) is 118 Å². The van der Waals surface area contributed by atoms with E-state index in [2.05, 4.69) is 25.3 Å². The molecule has 0 aliphatic carbocycles. The summed E-state index contributed by atoms with van der Waals surface area (Å²) < 4.78 is 29.1. The van der Waals surface area contributed by atoms with E-state index in [9.17, 15) is 13.2 Å². The van der Waals surface area contributed by atoms with E-state index in [-0.39, 0.29) is 23.1 Å². The van der Waals surface area contributed by atoms with E-state index in [0.29, 0.717) is 33.6 Å². The number of benzene rings is 2. The number of hydrogen-bond donors (Lipinski definition) is 2. The maximum Gasteiger partial charge on any atom is 0.240 e. The molecule has 35 heavy (non-hydrogen) atoms. The molecule has 0 saturated heterocycles. The van der Waals surface area contributed by atoms with Crippen molar-refractivity contribution in [1.82, 2.24) is 24.5 Å². The van der Waals surface area contributed by atoms with Crippen LogP contribution < -0.4 is 10.0 Å². The van der Waals surface area contributed by atoms with Gasteiger partial charge in [-0.3, -0.25) is 4.79 Å². The molecule has 0 aliphatic heterocycles. The van der Waals surface area contributed by atoms with Crippen molar-refractivity contribution in [3.8, 4) is 0 Å². The van der Waals surface area contributed by atoms with Crippen LogP contribution >= 0.6 is 23.4 Å². The van der Waals surface area contributed by atoms with Crippen LogP contribution in [0.5, 0.6) is 0 Å². The molecule has 0 atom stereocenters. The summed E-state index contributed by atoms with van der Waals surface area (Å²) in [6.45, 7) is 3.92. The zero-order valence-electron chi connectivity index (χ0n) is 19.0. The van der Waals surface area contributed by atoms with Gasteiger partial charge < -0.3 is 5.32 Å². The number of hydrogen-bond acceptors (Lipinski definition) is 7. The Kier molecular flexibility index (Phi) is 7.70. The van der Waals surface area contributed by atoms with Gasteiger partial charge in [0.1, 0.15) is 5.03 Å². The highest BCUT2D eigenvalue weighted by Gasteiger charge is 2.15. The van der Waals surface area contributed by atoms with Gasteiger partial charge in [-0.05, 0) is 55.8 Å². The Morgan fingerprint density at radius 1 is 1.06 bits per heavy atom. The number of nitrogens with one attached hydrogen (secondary N) is 2. The third-order valence-electron chi connectivity index (χ3n) is 5.08. The highest BCUT2D eigenvalue weighted by molar-refractivity contribution is 7.99. The molecule has 9 nitrogen and oxygen atoms in total. The zero-order valence-corrected chi connectivity index (χ0v) is 21.4. The van der Waals surface area contributed by atoms with Crippen molar-refractivity contribution in [2.75, 3.05) is 17.6 Å². The van der Waals surface area contributed by atoms with Gasteiger partial charge in [0, 0.05) is 23.7 Å². The van der Waals surface area contributed by atoms with Gasteiger partial charge in [-0.1, -0.05) is 47.1 Å². The smallest absolute Gasteiger partial charge is 0.240 e. The summed E-state index contributed by atoms with van der Waals surface area (Å²) in [7, 11) is -3.63. The van der Waals surface area contributed by atoms with Crippen LogP contribution in [-0.2, 0) is 21.2 Å². The third-order valence-corrected chi connectivity index (χ3v) is 7.89. The fraction of sp³-hybridized carbons (Fsp3) is 0.217. The molecule has 2 aromatic heterocycles. The largest absolute Gasteiger partial charge is 0.325 e. The molecule has 0 aliphatic rings. The second-order valence-electron chi connectivity index (χ2n) is 7.82. The van der Waals surface area contributed by atoms with Crippen molar-refractivity contribution in [2.24, 2.45) is 0 Å². The zero-order chi connectivity index (χ0) is 25.0. The Balaban J connectivity index is 1.36. The predicted molar refractivity (Wildman–Crippen MR) is 136 cm³/mol. The number of carbonyl (C=O) groups is 1. The number of carbonyl (C=O) groups excluding carboxylic acids is 1. The molecule has 0 unspecified atom stereocenters. The van der Waals surface area contributed by atoms with Crippen LogP contribution in [0, 0.1) is 13.8 Å². The molecule has 0 fully saturated rings. The van der Waals surface area contributed by atoms with E-state index in [1.807, 2.05) is 19.9 Å². The summed E-state index contributed by atoms with van der Waals surface area (Å²) >= 11 is 7.37. The predicted octanol–water partition coefficient (Wildman–Crippen LogP) is 3.65. The number of halogens is 1. The Bertz CT molecular complexity index is 1470. The Labute approximate surface area is 212 Å². The van der Waals surface area contributed by atoms with Gasteiger partial charge in [-0.25, -0.2) is 13.1 Å². The molecule has 4 rings (SSSR count). The van der Waals surface area contributed by atoms with Crippen molar-refractivity contribution in [1.29, 1.82) is 0 Å². The van der Waals surface area contributed by atoms with Crippen LogP contribution in [-0.4, -0.2) is 46.4 Å². The van der Waals surface area contributed by atoms with Crippen LogP contribution in [0.15, 0.2) is 64.5 Å². The molecule has 2 heterocycles. The average molecular weight is 531 g/mol. The van der Waals surface area contributed by atoms with Crippen LogP contribution in [0.1, 0.15) is 17.0 Å². The number of thioether (sulfide) groups is 1. The average Bonchev–Trinajstić information content (AvgIpc) is 3.22. The lowest BCUT2D eigenvalue weighted by molar-refractivity contribution is -0.113. The standard InChI is InChI=1S/C23H23ClN6O3S2/c1-15-3-7-18(8-4-15)35(32,33)25-12-11-21-28-27-20-9-10-23(29-30(20)21)34-14-22(31)26-17-6-5-16(2)19(24)13-17/h3-10,13,25H,11-12,14H2,1-2H3,(H,26,31). The fourth-order valence-electron chi connectivity index (χ4n) is 3.15. The van der Waals surface area contributed by atoms with Crippen molar-refractivity contribution >= 4 is 50.6 Å². The Morgan fingerprint density at radius 2 is 1.83 bits per heavy atom. The third kappa shape index (κ3) is 6.37. The van der Waals surface area contributed by atoms with Crippen LogP contribution in [0.2, 0.25) is 5.02 Å². The first kappa shape index (κ1) is 25.1. The molecule has 2 N–H and O–H groups in total. The number of anilines is 1. The second kappa shape index (κ2) is 10.7. The molecule has 0 radical (unpaired) electrons. The van der Waals surface area contributed by atoms with E-state index in [0.717, 1.165) is 11.1 Å². The van der Waals surface area contributed by atoms with E-state index in [1.54, 1.807) is 53.0 Å². The monoisotopic (exact) mass is 530 g/mol. The number of rotatable bonds is 9. The molecule has 12 heteroatoms. The van der Waals surface area contributed by atoms with Crippen molar-refractivity contribution in [3.05, 3.63) is 76.6 Å². The minimum atomic E-state index is -3.63. The van der Waals surface area contributed by atoms with Gasteiger partial charge in [0.2, 0.25) is 15.9 Å². The molecule has 0 bridgehead atoms. The minimum Gasteiger partial charge on any atom is -0.325 e. The SMILES string of the molecule is Cc1ccc(S(=O)(=O)NCCc2nnc3ccc(SCC(=O)Nc4ccc(C)c(Cl)c4)nn23)cc1. The molecule has 0 spiro atoms. The fourth-order valence-corrected chi connectivity index (χ4v) is 5.02. The summed E-state index contributed by atoms with van der Waals surface area (Å²) in [5.74, 6) is 0.469. The van der Waals surface area contributed by atoms with Gasteiger partial charge in [-0.2, -0.15) is 9.61 Å². The number of nitrogens with zero attached hydrogens (tertiary/aromatic N) is 4. The van der Waals surface area contributed by atoms with Crippen molar-refractivity contribution in [3.63, 3.8) is 0 Å². The summed E-state index contributed by atoms with van der Waals surface area (Å²) in [6.07, 6.45) is 0.294. The second-order valence-corrected chi connectivity index (χ2v) is 11.0. The van der Waals surface area contributed by atoms with E-state index in [1.165, 1.54) is 11.8 Å². The molecule has 2 aromatic carbocycles. The highest BCUT2D eigenvalue weighted by atomic mass is 35.5. The lowest BCUT2D eigenvalue weighted by Crippen LogP contribution is -2.26. The number of amides is 1. The number of sulfonamides is 1. The van der Waals surface area contributed by atoms with E-state index in [4.69, 9.17) is 11.6 Å². The molecule has 4 aromatic rings. The summed E-state index contributed by atoms with van der Waals surface area (Å²) in [6, 6.07) is 15.5. The molecule has 0 saturated carbocycles. The molecular weight excluding hydrogens is 508 g/mol. The van der Waals surface area contributed by atoms with Gasteiger partial charge in [-0.15, -0.1) is 10.2 Å². The summed E-state index contributed by atoms with van der Waals surface area (Å²) in [5.41, 5.74) is 3.08. The first-order valence-electron chi connectivity index (χ1n) is 10.7. The normalized spacial score (nSPS) is 11.6. The number of aryl methyl sites for hydroxylation is 2. The Morgan fingerprint density at radius 3 is 2.57 bits per heavy atom. The van der Waals surface area contributed by atoms with Crippen molar-refractivity contribution in [2.45, 2.75) is 30.2 Å². The van der Waals surface area contributed by atoms with Gasteiger partial charge in [0.15, 0.2) is 11.5 Å². The molecule has 182 valence electrons. The quantitative estimate of drug-likeness (QED) is 0.317. The minimum absolute atomic E-state index is 0.136.